The zero-order valence-corrected chi connectivity index (χ0v) is 10.6. The van der Waals surface area contributed by atoms with Gasteiger partial charge in [0.25, 0.3) is 0 Å². The molecule has 1 atom stereocenters. The number of carboxylic acid groups (broad SMARTS) is 1. The van der Waals surface area contributed by atoms with Crippen LogP contribution in [0.25, 0.3) is 0 Å². The summed E-state index contributed by atoms with van der Waals surface area (Å²) in [5, 5.41) is 18.3. The van der Waals surface area contributed by atoms with E-state index in [2.05, 4.69) is 0 Å². The molecule has 1 unspecified atom stereocenters. The fourth-order valence-electron chi connectivity index (χ4n) is 2.58. The smallest absolute Gasteiger partial charge is 0.329 e. The van der Waals surface area contributed by atoms with Gasteiger partial charge in [0.2, 0.25) is 0 Å². The lowest BCUT2D eigenvalue weighted by atomic mass is 10.00. The van der Waals surface area contributed by atoms with Crippen molar-refractivity contribution in [1.29, 1.82) is 0 Å². The Bertz CT molecular complexity index is 356. The first-order valence-electron chi connectivity index (χ1n) is 6.43. The number of carbonyl (C=O) groups excluding carboxylic acids is 1. The molecule has 1 saturated carbocycles. The summed E-state index contributed by atoms with van der Waals surface area (Å²) in [5.41, 5.74) is -1.10. The second-order valence-electron chi connectivity index (χ2n) is 5.26. The molecule has 0 bridgehead atoms. The van der Waals surface area contributed by atoms with Gasteiger partial charge < -0.3 is 20.0 Å². The maximum Gasteiger partial charge on any atom is 0.329 e. The number of aliphatic hydroxyl groups is 1. The highest BCUT2D eigenvalue weighted by atomic mass is 16.4. The zero-order valence-electron chi connectivity index (χ0n) is 10.6. The molecule has 0 radical (unpaired) electrons. The second kappa shape index (κ2) is 4.76. The van der Waals surface area contributed by atoms with Crippen LogP contribution in [0, 0.1) is 0 Å². The molecular weight excluding hydrogens is 236 g/mol. The lowest BCUT2D eigenvalue weighted by molar-refractivity contribution is -0.147. The van der Waals surface area contributed by atoms with Crippen LogP contribution >= 0.6 is 0 Å². The van der Waals surface area contributed by atoms with Crippen molar-refractivity contribution < 1.29 is 19.8 Å². The van der Waals surface area contributed by atoms with E-state index in [9.17, 15) is 14.7 Å². The number of aliphatic hydroxyl groups excluding tert-OH is 1. The molecule has 2 rings (SSSR count). The number of carbonyl (C=O) groups is 2. The molecule has 1 aliphatic heterocycles. The Morgan fingerprint density at radius 2 is 2.11 bits per heavy atom. The number of hydrogen-bond donors (Lipinski definition) is 2. The topological polar surface area (TPSA) is 81.1 Å². The lowest BCUT2D eigenvalue weighted by Crippen LogP contribution is -2.56. The Morgan fingerprint density at radius 1 is 1.44 bits per heavy atom. The normalized spacial score (nSPS) is 27.3. The van der Waals surface area contributed by atoms with Gasteiger partial charge in [-0.2, -0.15) is 0 Å². The Kier molecular flexibility index (Phi) is 3.47. The number of hydrogen-bond acceptors (Lipinski definition) is 3. The molecule has 18 heavy (non-hydrogen) atoms. The van der Waals surface area contributed by atoms with Crippen molar-refractivity contribution in [3.8, 4) is 0 Å². The third-order valence-electron chi connectivity index (χ3n) is 3.91. The Balaban J connectivity index is 2.13. The Morgan fingerprint density at radius 3 is 2.61 bits per heavy atom. The summed E-state index contributed by atoms with van der Waals surface area (Å²) in [5.74, 6) is -0.951. The maximum absolute atomic E-state index is 12.4. The number of urea groups is 1. The Labute approximate surface area is 106 Å². The van der Waals surface area contributed by atoms with Crippen LogP contribution in [0.15, 0.2) is 0 Å². The zero-order chi connectivity index (χ0) is 13.3. The largest absolute Gasteiger partial charge is 0.480 e. The van der Waals surface area contributed by atoms with Gasteiger partial charge in [0.05, 0.1) is 6.61 Å². The van der Waals surface area contributed by atoms with E-state index in [-0.39, 0.29) is 25.2 Å². The van der Waals surface area contributed by atoms with Gasteiger partial charge in [0.1, 0.15) is 5.54 Å². The highest BCUT2D eigenvalue weighted by molar-refractivity contribution is 5.87. The van der Waals surface area contributed by atoms with Crippen LogP contribution in [0.5, 0.6) is 0 Å². The van der Waals surface area contributed by atoms with E-state index < -0.39 is 11.5 Å². The monoisotopic (exact) mass is 256 g/mol. The van der Waals surface area contributed by atoms with Crippen LogP contribution < -0.4 is 0 Å². The molecule has 1 heterocycles. The predicted octanol–water partition coefficient (Wildman–Crippen LogP) is 0.502. The van der Waals surface area contributed by atoms with Crippen molar-refractivity contribution >= 4 is 12.0 Å². The van der Waals surface area contributed by atoms with Crippen LogP contribution in [-0.4, -0.2) is 63.3 Å². The molecule has 2 fully saturated rings. The molecule has 0 spiro atoms. The van der Waals surface area contributed by atoms with E-state index in [0.29, 0.717) is 19.4 Å². The molecule has 2 aliphatic rings. The first kappa shape index (κ1) is 13.1. The highest BCUT2D eigenvalue weighted by Gasteiger charge is 2.48. The van der Waals surface area contributed by atoms with Gasteiger partial charge in [-0.3, -0.25) is 0 Å². The molecule has 102 valence electrons. The first-order chi connectivity index (χ1) is 8.50. The minimum atomic E-state index is -1.10. The second-order valence-corrected chi connectivity index (χ2v) is 5.26. The summed E-state index contributed by atoms with van der Waals surface area (Å²) < 4.78 is 0. The Hall–Kier alpha value is -1.30. The van der Waals surface area contributed by atoms with Crippen molar-refractivity contribution in [2.45, 2.75) is 44.2 Å². The first-order valence-corrected chi connectivity index (χ1v) is 6.43. The third-order valence-corrected chi connectivity index (χ3v) is 3.91. The van der Waals surface area contributed by atoms with Gasteiger partial charge in [-0.15, -0.1) is 0 Å². The molecular formula is C12H20N2O4. The van der Waals surface area contributed by atoms with Crippen LogP contribution in [0.3, 0.4) is 0 Å². The van der Waals surface area contributed by atoms with E-state index in [4.69, 9.17) is 5.11 Å². The SMILES string of the molecule is CC1(C(=O)O)CCCN1C(=O)N(CCO)C1CC1. The van der Waals surface area contributed by atoms with E-state index >= 15 is 0 Å². The van der Waals surface area contributed by atoms with Gasteiger partial charge >= 0.3 is 12.0 Å². The van der Waals surface area contributed by atoms with Crippen LogP contribution in [-0.2, 0) is 4.79 Å². The summed E-state index contributed by atoms with van der Waals surface area (Å²) in [4.78, 5) is 26.8. The molecule has 6 nitrogen and oxygen atoms in total. The number of likely N-dealkylation sites (tertiary alicyclic amines) is 1. The molecule has 0 aromatic carbocycles. The van der Waals surface area contributed by atoms with Gasteiger partial charge in [-0.1, -0.05) is 0 Å². The third kappa shape index (κ3) is 2.16. The molecule has 0 aromatic rings. The van der Waals surface area contributed by atoms with Gasteiger partial charge in [-0.25, -0.2) is 9.59 Å². The molecule has 2 amide bonds. The van der Waals surface area contributed by atoms with Gasteiger partial charge in [0, 0.05) is 19.1 Å². The molecule has 1 aliphatic carbocycles. The van der Waals surface area contributed by atoms with Crippen molar-refractivity contribution in [2.75, 3.05) is 19.7 Å². The predicted molar refractivity (Wildman–Crippen MR) is 64.2 cm³/mol. The summed E-state index contributed by atoms with van der Waals surface area (Å²) >= 11 is 0. The summed E-state index contributed by atoms with van der Waals surface area (Å²) in [7, 11) is 0. The minimum absolute atomic E-state index is 0.0835. The van der Waals surface area contributed by atoms with Crippen molar-refractivity contribution in [1.82, 2.24) is 9.80 Å². The van der Waals surface area contributed by atoms with Crippen molar-refractivity contribution in [3.05, 3.63) is 0 Å². The van der Waals surface area contributed by atoms with Crippen LogP contribution in [0.1, 0.15) is 32.6 Å². The van der Waals surface area contributed by atoms with Crippen LogP contribution in [0.4, 0.5) is 4.79 Å². The number of carboxylic acids is 1. The molecule has 2 N–H and O–H groups in total. The molecule has 0 aromatic heterocycles. The maximum atomic E-state index is 12.4. The van der Waals surface area contributed by atoms with Crippen molar-refractivity contribution in [2.24, 2.45) is 0 Å². The van der Waals surface area contributed by atoms with Crippen LogP contribution in [0.2, 0.25) is 0 Å². The van der Waals surface area contributed by atoms with E-state index in [1.54, 1.807) is 11.8 Å². The average Bonchev–Trinajstić information content (AvgIpc) is 3.08. The summed E-state index contributed by atoms with van der Waals surface area (Å²) in [6, 6.07) is -0.0581. The average molecular weight is 256 g/mol. The fourth-order valence-corrected chi connectivity index (χ4v) is 2.58. The molecule has 1 saturated heterocycles. The lowest BCUT2D eigenvalue weighted by Gasteiger charge is -2.35. The fraction of sp³-hybridized carbons (Fsp3) is 0.833. The van der Waals surface area contributed by atoms with Crippen molar-refractivity contribution in [3.63, 3.8) is 0 Å². The number of rotatable bonds is 4. The highest BCUT2D eigenvalue weighted by Crippen LogP contribution is 2.33. The standard InChI is InChI=1S/C12H20N2O4/c1-12(10(16)17)5-2-6-14(12)11(18)13(7-8-15)9-3-4-9/h9,15H,2-8H2,1H3,(H,16,17). The molecule has 6 heteroatoms. The summed E-state index contributed by atoms with van der Waals surface area (Å²) in [6.45, 7) is 2.29. The van der Waals surface area contributed by atoms with E-state index in [1.807, 2.05) is 0 Å². The quantitative estimate of drug-likeness (QED) is 0.767. The number of nitrogens with zero attached hydrogens (tertiary/aromatic N) is 2. The number of aliphatic carboxylic acids is 1. The van der Waals surface area contributed by atoms with Gasteiger partial charge in [-0.05, 0) is 32.6 Å². The summed E-state index contributed by atoms with van der Waals surface area (Å²) in [6.07, 6.45) is 3.10. The van der Waals surface area contributed by atoms with Gasteiger partial charge in [0.15, 0.2) is 0 Å². The number of amides is 2. The van der Waals surface area contributed by atoms with E-state index in [0.717, 1.165) is 12.8 Å². The minimum Gasteiger partial charge on any atom is -0.480 e. The van der Waals surface area contributed by atoms with E-state index in [1.165, 1.54) is 4.90 Å².